The van der Waals surface area contributed by atoms with Crippen molar-refractivity contribution < 1.29 is 14.7 Å². The highest BCUT2D eigenvalue weighted by Gasteiger charge is 2.18. The van der Waals surface area contributed by atoms with E-state index in [0.29, 0.717) is 0 Å². The summed E-state index contributed by atoms with van der Waals surface area (Å²) in [4.78, 5) is 29.5. The van der Waals surface area contributed by atoms with Gasteiger partial charge in [0.25, 0.3) is 5.91 Å². The lowest BCUT2D eigenvalue weighted by atomic mass is 10.3. The van der Waals surface area contributed by atoms with Gasteiger partial charge in [-0.3, -0.25) is 9.78 Å². The number of aliphatic carboxylic acids is 1. The number of carbonyl (C=O) groups excluding carboxylic acids is 1. The van der Waals surface area contributed by atoms with E-state index in [1.165, 1.54) is 18.6 Å². The van der Waals surface area contributed by atoms with Crippen LogP contribution in [0.15, 0.2) is 18.6 Å². The van der Waals surface area contributed by atoms with Gasteiger partial charge in [-0.1, -0.05) is 0 Å². The minimum Gasteiger partial charge on any atom is -0.480 e. The van der Waals surface area contributed by atoms with Crippen LogP contribution >= 0.6 is 9.24 Å². The Morgan fingerprint density at radius 2 is 2.27 bits per heavy atom. The molecular weight excluding hydrogens is 217 g/mol. The zero-order valence-corrected chi connectivity index (χ0v) is 8.91. The van der Waals surface area contributed by atoms with E-state index in [2.05, 4.69) is 24.5 Å². The van der Waals surface area contributed by atoms with Crippen molar-refractivity contribution in [3.05, 3.63) is 24.3 Å². The number of amides is 1. The van der Waals surface area contributed by atoms with Crippen LogP contribution in [0.2, 0.25) is 0 Å². The van der Waals surface area contributed by atoms with E-state index in [1.54, 1.807) is 0 Å². The van der Waals surface area contributed by atoms with Crippen LogP contribution in [-0.2, 0) is 4.79 Å². The third kappa shape index (κ3) is 3.25. The second-order valence-corrected chi connectivity index (χ2v) is 3.16. The van der Waals surface area contributed by atoms with Gasteiger partial charge in [0, 0.05) is 12.4 Å². The molecule has 0 aliphatic carbocycles. The first-order valence-corrected chi connectivity index (χ1v) is 4.96. The molecule has 0 saturated heterocycles. The molecule has 1 aromatic heterocycles. The number of carbonyl (C=O) groups is 2. The smallest absolute Gasteiger partial charge is 0.326 e. The molecule has 1 aromatic rings. The molecule has 80 valence electrons. The third-order valence-electron chi connectivity index (χ3n) is 1.63. The molecule has 0 radical (unpaired) electrons. The van der Waals surface area contributed by atoms with Crippen LogP contribution in [0.25, 0.3) is 0 Å². The molecule has 2 atom stereocenters. The first-order valence-electron chi connectivity index (χ1n) is 4.15. The SMILES string of the molecule is O=C(N[C@@H](CP)C(=O)O)c1cnccn1. The Morgan fingerprint density at radius 1 is 1.53 bits per heavy atom. The largest absolute Gasteiger partial charge is 0.480 e. The summed E-state index contributed by atoms with van der Waals surface area (Å²) in [6.07, 6.45) is 4.31. The maximum Gasteiger partial charge on any atom is 0.326 e. The summed E-state index contributed by atoms with van der Waals surface area (Å²) in [5.74, 6) is -1.62. The summed E-state index contributed by atoms with van der Waals surface area (Å²) >= 11 is 0. The van der Waals surface area contributed by atoms with Gasteiger partial charge in [-0.2, -0.15) is 0 Å². The molecule has 1 rings (SSSR count). The lowest BCUT2D eigenvalue weighted by Crippen LogP contribution is -2.42. The summed E-state index contributed by atoms with van der Waals surface area (Å²) in [7, 11) is 2.26. The van der Waals surface area contributed by atoms with Crippen molar-refractivity contribution in [3.63, 3.8) is 0 Å². The Hall–Kier alpha value is -1.55. The van der Waals surface area contributed by atoms with Gasteiger partial charge in [0.2, 0.25) is 0 Å². The van der Waals surface area contributed by atoms with E-state index in [0.717, 1.165) is 0 Å². The first-order chi connectivity index (χ1) is 7.15. The number of rotatable bonds is 4. The quantitative estimate of drug-likeness (QED) is 0.678. The number of nitrogens with zero attached hydrogens (tertiary/aromatic N) is 2. The maximum absolute atomic E-state index is 11.4. The maximum atomic E-state index is 11.4. The van der Waals surface area contributed by atoms with Gasteiger partial charge in [-0.25, -0.2) is 9.78 Å². The van der Waals surface area contributed by atoms with E-state index in [4.69, 9.17) is 5.11 Å². The second kappa shape index (κ2) is 5.36. The number of hydrogen-bond acceptors (Lipinski definition) is 4. The van der Waals surface area contributed by atoms with Crippen LogP contribution in [0.3, 0.4) is 0 Å². The summed E-state index contributed by atoms with van der Waals surface area (Å²) in [6.45, 7) is 0. The standard InChI is InChI=1S/C8H10N3O3P/c12-7(5-3-9-1-2-10-5)11-6(4-15)8(13)14/h1-3,6H,4,15H2,(H,11,12)(H,13,14)/t6-/m0/s1. The Balaban J connectivity index is 2.67. The highest BCUT2D eigenvalue weighted by Crippen LogP contribution is 1.95. The van der Waals surface area contributed by atoms with E-state index in [-0.39, 0.29) is 11.9 Å². The lowest BCUT2D eigenvalue weighted by molar-refractivity contribution is -0.138. The Labute approximate surface area is 88.3 Å². The minimum absolute atomic E-state index is 0.0993. The molecule has 0 saturated carbocycles. The van der Waals surface area contributed by atoms with Crippen LogP contribution in [0.5, 0.6) is 0 Å². The van der Waals surface area contributed by atoms with Crippen LogP contribution in [0.4, 0.5) is 0 Å². The van der Waals surface area contributed by atoms with Crippen molar-refractivity contribution >= 4 is 21.1 Å². The molecule has 7 heteroatoms. The second-order valence-electron chi connectivity index (χ2n) is 2.69. The Kier molecular flexibility index (Phi) is 4.12. The van der Waals surface area contributed by atoms with Crippen molar-refractivity contribution in [2.45, 2.75) is 6.04 Å². The third-order valence-corrected chi connectivity index (χ3v) is 2.11. The predicted octanol–water partition coefficient (Wildman–Crippen LogP) is -0.465. The number of aromatic nitrogens is 2. The van der Waals surface area contributed by atoms with Gasteiger partial charge in [0.05, 0.1) is 6.20 Å². The van der Waals surface area contributed by atoms with E-state index in [9.17, 15) is 9.59 Å². The summed E-state index contributed by atoms with van der Waals surface area (Å²) in [5, 5.41) is 11.0. The van der Waals surface area contributed by atoms with Gasteiger partial charge in [0.15, 0.2) is 0 Å². The molecule has 0 aliphatic heterocycles. The molecule has 1 unspecified atom stereocenters. The minimum atomic E-state index is -1.08. The highest BCUT2D eigenvalue weighted by atomic mass is 31.0. The van der Waals surface area contributed by atoms with E-state index >= 15 is 0 Å². The molecule has 1 amide bonds. The van der Waals surface area contributed by atoms with Gasteiger partial charge < -0.3 is 10.4 Å². The Bertz CT molecular complexity index is 357. The van der Waals surface area contributed by atoms with Gasteiger partial charge >= 0.3 is 5.97 Å². The highest BCUT2D eigenvalue weighted by molar-refractivity contribution is 7.16. The van der Waals surface area contributed by atoms with E-state index in [1.807, 2.05) is 0 Å². The first kappa shape index (κ1) is 11.5. The van der Waals surface area contributed by atoms with Crippen molar-refractivity contribution in [2.24, 2.45) is 0 Å². The summed E-state index contributed by atoms with van der Waals surface area (Å²) in [5.41, 5.74) is 0.0993. The number of carboxylic acids is 1. The fraction of sp³-hybridized carbons (Fsp3) is 0.250. The number of carboxylic acid groups (broad SMARTS) is 1. The average Bonchev–Trinajstić information content (AvgIpc) is 2.26. The molecule has 6 nitrogen and oxygen atoms in total. The molecule has 2 N–H and O–H groups in total. The zero-order valence-electron chi connectivity index (χ0n) is 7.75. The molecule has 0 aliphatic rings. The van der Waals surface area contributed by atoms with Gasteiger partial charge in [-0.05, 0) is 6.16 Å². The van der Waals surface area contributed by atoms with E-state index < -0.39 is 17.9 Å². The van der Waals surface area contributed by atoms with Crippen LogP contribution in [0.1, 0.15) is 10.5 Å². The van der Waals surface area contributed by atoms with Crippen molar-refractivity contribution in [1.82, 2.24) is 15.3 Å². The molecule has 0 aromatic carbocycles. The van der Waals surface area contributed by atoms with Crippen LogP contribution in [0, 0.1) is 0 Å². The van der Waals surface area contributed by atoms with Crippen molar-refractivity contribution in [1.29, 1.82) is 0 Å². The average molecular weight is 227 g/mol. The van der Waals surface area contributed by atoms with Crippen LogP contribution < -0.4 is 5.32 Å². The molecule has 0 bridgehead atoms. The van der Waals surface area contributed by atoms with Crippen LogP contribution in [-0.4, -0.2) is 39.2 Å². The molecular formula is C8H10N3O3P. The fourth-order valence-corrected chi connectivity index (χ4v) is 1.19. The van der Waals surface area contributed by atoms with Crippen molar-refractivity contribution in [2.75, 3.05) is 6.16 Å². The molecule has 0 fully saturated rings. The predicted molar refractivity (Wildman–Crippen MR) is 55.5 cm³/mol. The Morgan fingerprint density at radius 3 is 2.73 bits per heavy atom. The molecule has 15 heavy (non-hydrogen) atoms. The number of nitrogens with one attached hydrogen (secondary N) is 1. The van der Waals surface area contributed by atoms with Gasteiger partial charge in [0.1, 0.15) is 11.7 Å². The summed E-state index contributed by atoms with van der Waals surface area (Å²) in [6, 6.07) is -0.926. The normalized spacial score (nSPS) is 11.8. The fourth-order valence-electron chi connectivity index (χ4n) is 0.870. The molecule has 0 spiro atoms. The summed E-state index contributed by atoms with van der Waals surface area (Å²) < 4.78 is 0. The monoisotopic (exact) mass is 227 g/mol. The molecule has 1 heterocycles. The number of hydrogen-bond donors (Lipinski definition) is 2. The van der Waals surface area contributed by atoms with Gasteiger partial charge in [-0.15, -0.1) is 9.24 Å². The lowest BCUT2D eigenvalue weighted by Gasteiger charge is -2.10. The topological polar surface area (TPSA) is 92.2 Å². The zero-order chi connectivity index (χ0) is 11.3. The van der Waals surface area contributed by atoms with Crippen molar-refractivity contribution in [3.8, 4) is 0 Å².